The Bertz CT molecular complexity index is 651. The Morgan fingerprint density at radius 3 is 1.21 bits per heavy atom. The normalized spacial score (nSPS) is 13.0. The lowest BCUT2D eigenvalue weighted by molar-refractivity contribution is -0.123. The van der Waals surface area contributed by atoms with Crippen molar-refractivity contribution >= 4 is 5.91 Å². The van der Waals surface area contributed by atoms with Crippen molar-refractivity contribution in [2.24, 2.45) is 0 Å². The van der Waals surface area contributed by atoms with Gasteiger partial charge in [-0.25, -0.2) is 0 Å². The summed E-state index contributed by atoms with van der Waals surface area (Å²) in [6, 6.07) is -0.536. The van der Waals surface area contributed by atoms with E-state index in [0.717, 1.165) is 25.7 Å². The van der Waals surface area contributed by atoms with Crippen LogP contribution in [0.15, 0.2) is 12.2 Å². The largest absolute Gasteiger partial charge is 0.394 e. The number of amides is 1. The zero-order valence-corrected chi connectivity index (χ0v) is 32.8. The first-order valence-corrected chi connectivity index (χ1v) is 21.9. The third kappa shape index (κ3) is 36.4. The molecule has 3 N–H and O–H groups in total. The highest BCUT2D eigenvalue weighted by Gasteiger charge is 2.20. The number of carbonyl (C=O) groups is 1. The maximum absolute atomic E-state index is 12.3. The lowest BCUT2D eigenvalue weighted by atomic mass is 10.0. The van der Waals surface area contributed by atoms with Crippen LogP contribution >= 0.6 is 0 Å². The maximum Gasteiger partial charge on any atom is 0.220 e. The van der Waals surface area contributed by atoms with Crippen LogP contribution in [0.2, 0.25) is 0 Å². The second-order valence-corrected chi connectivity index (χ2v) is 15.1. The van der Waals surface area contributed by atoms with Crippen molar-refractivity contribution in [2.75, 3.05) is 6.61 Å². The van der Waals surface area contributed by atoms with Gasteiger partial charge in [0, 0.05) is 6.42 Å². The number of hydrogen-bond acceptors (Lipinski definition) is 3. The number of rotatable bonds is 40. The highest BCUT2D eigenvalue weighted by molar-refractivity contribution is 5.76. The van der Waals surface area contributed by atoms with E-state index < -0.39 is 12.1 Å². The molecule has 0 aliphatic rings. The Balaban J connectivity index is 3.43. The fourth-order valence-electron chi connectivity index (χ4n) is 6.87. The summed E-state index contributed by atoms with van der Waals surface area (Å²) in [4.78, 5) is 12.3. The van der Waals surface area contributed by atoms with E-state index in [1.54, 1.807) is 0 Å². The molecule has 0 saturated carbocycles. The van der Waals surface area contributed by atoms with Crippen LogP contribution < -0.4 is 5.32 Å². The average molecular weight is 678 g/mol. The summed E-state index contributed by atoms with van der Waals surface area (Å²) < 4.78 is 0. The third-order valence-corrected chi connectivity index (χ3v) is 10.3. The van der Waals surface area contributed by atoms with Gasteiger partial charge >= 0.3 is 0 Å². The highest BCUT2D eigenvalue weighted by Crippen LogP contribution is 2.17. The molecule has 0 aromatic heterocycles. The predicted octanol–water partition coefficient (Wildman–Crippen LogP) is 13.5. The van der Waals surface area contributed by atoms with E-state index in [1.807, 2.05) is 0 Å². The predicted molar refractivity (Wildman–Crippen MR) is 212 cm³/mol. The van der Waals surface area contributed by atoms with Gasteiger partial charge < -0.3 is 15.5 Å². The summed E-state index contributed by atoms with van der Waals surface area (Å²) in [5.41, 5.74) is 0. The molecule has 0 aliphatic heterocycles. The van der Waals surface area contributed by atoms with Crippen LogP contribution in [0.25, 0.3) is 0 Å². The Labute approximate surface area is 301 Å². The topological polar surface area (TPSA) is 69.6 Å². The molecule has 0 rings (SSSR count). The van der Waals surface area contributed by atoms with E-state index in [9.17, 15) is 15.0 Å². The molecule has 0 bridgehead atoms. The summed E-state index contributed by atoms with van der Waals surface area (Å²) in [6.07, 6.45) is 50.1. The van der Waals surface area contributed by atoms with Gasteiger partial charge in [0.05, 0.1) is 18.8 Å². The molecule has 1 amide bonds. The quantitative estimate of drug-likeness (QED) is 0.0446. The first kappa shape index (κ1) is 47.1. The lowest BCUT2D eigenvalue weighted by Crippen LogP contribution is -2.45. The van der Waals surface area contributed by atoms with Gasteiger partial charge in [-0.05, 0) is 32.1 Å². The van der Waals surface area contributed by atoms with Crippen LogP contribution in [0.5, 0.6) is 0 Å². The summed E-state index contributed by atoms with van der Waals surface area (Å²) in [7, 11) is 0. The van der Waals surface area contributed by atoms with Crippen molar-refractivity contribution in [1.29, 1.82) is 0 Å². The van der Waals surface area contributed by atoms with E-state index in [4.69, 9.17) is 0 Å². The van der Waals surface area contributed by atoms with Crippen molar-refractivity contribution in [3.8, 4) is 0 Å². The number of nitrogens with one attached hydrogen (secondary N) is 1. The minimum Gasteiger partial charge on any atom is -0.394 e. The summed E-state index contributed by atoms with van der Waals surface area (Å²) >= 11 is 0. The molecular weight excluding hydrogens is 590 g/mol. The van der Waals surface area contributed by atoms with Crippen LogP contribution in [0.1, 0.15) is 245 Å². The molecule has 0 spiro atoms. The van der Waals surface area contributed by atoms with E-state index in [-0.39, 0.29) is 12.5 Å². The molecule has 0 aromatic rings. The monoisotopic (exact) mass is 678 g/mol. The average Bonchev–Trinajstić information content (AvgIpc) is 3.09. The summed E-state index contributed by atoms with van der Waals surface area (Å²) in [5.74, 6) is -0.0400. The molecule has 0 aromatic carbocycles. The van der Waals surface area contributed by atoms with Crippen LogP contribution in [0.4, 0.5) is 0 Å². The van der Waals surface area contributed by atoms with Gasteiger partial charge in [-0.15, -0.1) is 0 Å². The van der Waals surface area contributed by atoms with E-state index in [0.29, 0.717) is 12.8 Å². The highest BCUT2D eigenvalue weighted by atomic mass is 16.3. The van der Waals surface area contributed by atoms with Gasteiger partial charge in [-0.1, -0.05) is 219 Å². The zero-order chi connectivity index (χ0) is 35.0. The molecule has 4 nitrogen and oxygen atoms in total. The first-order chi connectivity index (χ1) is 23.7. The molecule has 0 aliphatic carbocycles. The van der Waals surface area contributed by atoms with Gasteiger partial charge in [0.1, 0.15) is 0 Å². The molecule has 286 valence electrons. The van der Waals surface area contributed by atoms with Crippen molar-refractivity contribution in [3.63, 3.8) is 0 Å². The SMILES string of the molecule is CCCC/C=C\CCCCCCCC(=O)NC(CO)C(O)CCCCCCCCCCCCCCCCCCCCCCCCCCC. The minimum absolute atomic E-state index is 0.0400. The van der Waals surface area contributed by atoms with Crippen molar-refractivity contribution < 1.29 is 15.0 Å². The standard InChI is InChI=1S/C44H87NO3/c1-3-5-7-9-11-13-15-16-17-18-19-20-21-22-23-24-25-26-27-28-30-31-33-35-37-39-43(47)42(41-46)45-44(48)40-38-36-34-32-29-14-12-10-8-6-4-2/h10,12,42-43,46-47H,3-9,11,13-41H2,1-2H3,(H,45,48)/b12-10-. The molecule has 0 heterocycles. The molecule has 0 fully saturated rings. The Kier molecular flexibility index (Phi) is 39.8. The van der Waals surface area contributed by atoms with E-state index in [1.165, 1.54) is 193 Å². The molecule has 48 heavy (non-hydrogen) atoms. The van der Waals surface area contributed by atoms with E-state index in [2.05, 4.69) is 31.3 Å². The van der Waals surface area contributed by atoms with Crippen molar-refractivity contribution in [3.05, 3.63) is 12.2 Å². The molecular formula is C44H87NO3. The van der Waals surface area contributed by atoms with Gasteiger partial charge in [-0.2, -0.15) is 0 Å². The third-order valence-electron chi connectivity index (χ3n) is 10.3. The zero-order valence-electron chi connectivity index (χ0n) is 32.8. The minimum atomic E-state index is -0.658. The smallest absolute Gasteiger partial charge is 0.220 e. The van der Waals surface area contributed by atoms with Crippen molar-refractivity contribution in [1.82, 2.24) is 5.32 Å². The fourth-order valence-corrected chi connectivity index (χ4v) is 6.87. The number of carbonyl (C=O) groups excluding carboxylic acids is 1. The van der Waals surface area contributed by atoms with Crippen LogP contribution in [-0.4, -0.2) is 34.9 Å². The first-order valence-electron chi connectivity index (χ1n) is 21.9. The summed E-state index contributed by atoms with van der Waals surface area (Å²) in [5, 5.41) is 23.1. The van der Waals surface area contributed by atoms with Gasteiger partial charge in [0.25, 0.3) is 0 Å². The number of hydrogen-bond donors (Lipinski definition) is 3. The number of aliphatic hydroxyl groups excluding tert-OH is 2. The Morgan fingerprint density at radius 2 is 0.812 bits per heavy atom. The van der Waals surface area contributed by atoms with Crippen LogP contribution in [0.3, 0.4) is 0 Å². The second-order valence-electron chi connectivity index (χ2n) is 15.1. The second kappa shape index (κ2) is 40.6. The van der Waals surface area contributed by atoms with Gasteiger partial charge in [0.15, 0.2) is 0 Å². The van der Waals surface area contributed by atoms with Gasteiger partial charge in [0.2, 0.25) is 5.91 Å². The van der Waals surface area contributed by atoms with E-state index >= 15 is 0 Å². The number of allylic oxidation sites excluding steroid dienone is 2. The molecule has 4 heteroatoms. The van der Waals surface area contributed by atoms with Crippen LogP contribution in [-0.2, 0) is 4.79 Å². The van der Waals surface area contributed by atoms with Gasteiger partial charge in [-0.3, -0.25) is 4.79 Å². The number of aliphatic hydroxyl groups is 2. The Morgan fingerprint density at radius 1 is 0.479 bits per heavy atom. The molecule has 0 radical (unpaired) electrons. The molecule has 0 saturated heterocycles. The molecule has 2 unspecified atom stereocenters. The maximum atomic E-state index is 12.3. The van der Waals surface area contributed by atoms with Crippen molar-refractivity contribution in [2.45, 2.75) is 257 Å². The number of unbranched alkanes of at least 4 members (excludes halogenated alkanes) is 31. The molecule has 2 atom stereocenters. The fraction of sp³-hybridized carbons (Fsp3) is 0.932. The lowest BCUT2D eigenvalue weighted by Gasteiger charge is -2.22. The summed E-state index contributed by atoms with van der Waals surface area (Å²) in [6.45, 7) is 4.33. The van der Waals surface area contributed by atoms with Crippen LogP contribution in [0, 0.1) is 0 Å². The Hall–Kier alpha value is -0.870.